The third-order valence-corrected chi connectivity index (χ3v) is 6.08. The van der Waals surface area contributed by atoms with Crippen molar-refractivity contribution >= 4 is 46.4 Å². The molecule has 0 bridgehead atoms. The fraction of sp³-hybridized carbons (Fsp3) is 0.444. The molecule has 8 heteroatoms. The molecule has 0 aliphatic carbocycles. The Bertz CT molecular complexity index is 761. The highest BCUT2D eigenvalue weighted by Crippen LogP contribution is 2.30. The maximum atomic E-state index is 12.7. The summed E-state index contributed by atoms with van der Waals surface area (Å²) >= 11 is 7.74. The summed E-state index contributed by atoms with van der Waals surface area (Å²) < 4.78 is 5.57. The molecule has 1 amide bonds. The van der Waals surface area contributed by atoms with Crippen molar-refractivity contribution in [2.24, 2.45) is 0 Å². The van der Waals surface area contributed by atoms with Gasteiger partial charge in [0, 0.05) is 23.4 Å². The van der Waals surface area contributed by atoms with E-state index in [9.17, 15) is 4.79 Å². The summed E-state index contributed by atoms with van der Waals surface area (Å²) in [6.45, 7) is 3.50. The fourth-order valence-corrected chi connectivity index (χ4v) is 4.21. The van der Waals surface area contributed by atoms with Crippen LogP contribution in [0.5, 0.6) is 0 Å². The van der Waals surface area contributed by atoms with Crippen molar-refractivity contribution in [1.29, 1.82) is 0 Å². The number of nitrogens with one attached hydrogen (secondary N) is 2. The van der Waals surface area contributed by atoms with Gasteiger partial charge >= 0.3 is 0 Å². The van der Waals surface area contributed by atoms with Gasteiger partial charge in [-0.2, -0.15) is 0 Å². The number of carbonyl (C=O) groups is 1. The number of anilines is 1. The summed E-state index contributed by atoms with van der Waals surface area (Å²) in [4.78, 5) is 18.3. The van der Waals surface area contributed by atoms with Gasteiger partial charge in [0.25, 0.3) is 5.91 Å². The molecule has 142 valence electrons. The molecule has 3 rings (SSSR count). The third-order valence-electron chi connectivity index (χ3n) is 4.64. The van der Waals surface area contributed by atoms with Crippen LogP contribution in [0.3, 0.4) is 0 Å². The molecule has 2 N–H and O–H groups in total. The van der Waals surface area contributed by atoms with Gasteiger partial charge in [-0.25, -0.2) is 4.98 Å². The standard InChI is InChI=1S/C18H22ClN3O2S.ClH/c1-12-15(11-13-5-3-4-6-14(13)19)25-17(21-12)22-16(23)18(24-2)7-9-20-10-8-18;/h3-6,20H,7-11H2,1-2H3,(H,21,22,23);1H. The van der Waals surface area contributed by atoms with Gasteiger partial charge in [-0.15, -0.1) is 23.7 Å². The molecule has 0 atom stereocenters. The molecule has 0 radical (unpaired) electrons. The molecule has 1 fully saturated rings. The number of methoxy groups -OCH3 is 1. The van der Waals surface area contributed by atoms with E-state index in [4.69, 9.17) is 16.3 Å². The molecule has 2 heterocycles. The molecule has 1 aromatic heterocycles. The van der Waals surface area contributed by atoms with Crippen LogP contribution in [0.4, 0.5) is 5.13 Å². The van der Waals surface area contributed by atoms with Gasteiger partial charge < -0.3 is 10.1 Å². The minimum absolute atomic E-state index is 0. The Hall–Kier alpha value is -1.18. The number of nitrogens with zero attached hydrogens (tertiary/aromatic N) is 1. The van der Waals surface area contributed by atoms with Gasteiger partial charge in [0.05, 0.1) is 5.69 Å². The van der Waals surface area contributed by atoms with Crippen molar-refractivity contribution in [3.05, 3.63) is 45.4 Å². The molecule has 1 aromatic carbocycles. The number of aromatic nitrogens is 1. The number of aryl methyl sites for hydroxylation is 1. The molecular formula is C18H23Cl2N3O2S. The van der Waals surface area contributed by atoms with Crippen LogP contribution in [0.1, 0.15) is 29.0 Å². The molecule has 1 saturated heterocycles. The quantitative estimate of drug-likeness (QED) is 0.778. The third kappa shape index (κ3) is 4.56. The monoisotopic (exact) mass is 415 g/mol. The Balaban J connectivity index is 0.00000243. The summed E-state index contributed by atoms with van der Waals surface area (Å²) in [5, 5.41) is 7.56. The second kappa shape index (κ2) is 9.15. The van der Waals surface area contributed by atoms with Crippen LogP contribution >= 0.6 is 35.3 Å². The topological polar surface area (TPSA) is 63.2 Å². The molecular weight excluding hydrogens is 393 g/mol. The molecule has 1 aliphatic rings. The number of ether oxygens (including phenoxy) is 1. The number of hydrogen-bond donors (Lipinski definition) is 2. The summed E-state index contributed by atoms with van der Waals surface area (Å²) in [6, 6.07) is 7.78. The Morgan fingerprint density at radius 3 is 2.73 bits per heavy atom. The summed E-state index contributed by atoms with van der Waals surface area (Å²) in [5.74, 6) is -0.116. The van der Waals surface area contributed by atoms with Crippen LogP contribution in [0, 0.1) is 6.92 Å². The van der Waals surface area contributed by atoms with E-state index in [0.717, 1.165) is 34.2 Å². The van der Waals surface area contributed by atoms with Crippen molar-refractivity contribution in [3.63, 3.8) is 0 Å². The van der Waals surface area contributed by atoms with Crippen molar-refractivity contribution in [2.75, 3.05) is 25.5 Å². The summed E-state index contributed by atoms with van der Waals surface area (Å²) in [5.41, 5.74) is 1.20. The predicted molar refractivity (Wildman–Crippen MR) is 109 cm³/mol. The van der Waals surface area contributed by atoms with E-state index >= 15 is 0 Å². The zero-order valence-corrected chi connectivity index (χ0v) is 17.2. The molecule has 26 heavy (non-hydrogen) atoms. The van der Waals surface area contributed by atoms with E-state index in [1.165, 1.54) is 11.3 Å². The average Bonchev–Trinajstić information content (AvgIpc) is 2.96. The summed E-state index contributed by atoms with van der Waals surface area (Å²) in [6.07, 6.45) is 2.02. The largest absolute Gasteiger partial charge is 0.368 e. The Kier molecular flexibility index (Phi) is 7.43. The number of hydrogen-bond acceptors (Lipinski definition) is 5. The van der Waals surface area contributed by atoms with Gasteiger partial charge in [0.15, 0.2) is 5.13 Å². The molecule has 1 aliphatic heterocycles. The SMILES string of the molecule is COC1(C(=O)Nc2nc(C)c(Cc3ccccc3Cl)s2)CCNCC1.Cl. The molecule has 0 unspecified atom stereocenters. The van der Waals surface area contributed by atoms with Gasteiger partial charge in [0.1, 0.15) is 5.60 Å². The first-order valence-corrected chi connectivity index (χ1v) is 9.50. The van der Waals surface area contributed by atoms with Crippen molar-refractivity contribution in [3.8, 4) is 0 Å². The minimum Gasteiger partial charge on any atom is -0.368 e. The van der Waals surface area contributed by atoms with Crippen LogP contribution < -0.4 is 10.6 Å². The first-order valence-electron chi connectivity index (χ1n) is 8.31. The van der Waals surface area contributed by atoms with Gasteiger partial charge in [-0.05, 0) is 44.5 Å². The van der Waals surface area contributed by atoms with E-state index in [1.54, 1.807) is 7.11 Å². The predicted octanol–water partition coefficient (Wildman–Crippen LogP) is 3.82. The lowest BCUT2D eigenvalue weighted by molar-refractivity contribution is -0.140. The van der Waals surface area contributed by atoms with Gasteiger partial charge in [0.2, 0.25) is 0 Å². The molecule has 0 saturated carbocycles. The van der Waals surface area contributed by atoms with Gasteiger partial charge in [-0.3, -0.25) is 10.1 Å². The first-order chi connectivity index (χ1) is 12.0. The number of piperidine rings is 1. The number of halogens is 2. The highest BCUT2D eigenvalue weighted by Gasteiger charge is 2.40. The Morgan fingerprint density at radius 1 is 1.38 bits per heavy atom. The normalized spacial score (nSPS) is 16.0. The van der Waals surface area contributed by atoms with Crippen molar-refractivity contribution < 1.29 is 9.53 Å². The van der Waals surface area contributed by atoms with E-state index in [-0.39, 0.29) is 18.3 Å². The van der Waals surface area contributed by atoms with E-state index in [1.807, 2.05) is 31.2 Å². The zero-order valence-electron chi connectivity index (χ0n) is 14.8. The minimum atomic E-state index is -0.770. The first kappa shape index (κ1) is 21.1. The number of amides is 1. The lowest BCUT2D eigenvalue weighted by Gasteiger charge is -2.34. The summed E-state index contributed by atoms with van der Waals surface area (Å²) in [7, 11) is 1.60. The van der Waals surface area contributed by atoms with Crippen LogP contribution in [0.15, 0.2) is 24.3 Å². The number of benzene rings is 1. The highest BCUT2D eigenvalue weighted by molar-refractivity contribution is 7.15. The average molecular weight is 416 g/mol. The molecule has 0 spiro atoms. The second-order valence-corrected chi connectivity index (χ2v) is 7.69. The maximum absolute atomic E-state index is 12.7. The van der Waals surface area contributed by atoms with E-state index < -0.39 is 5.60 Å². The zero-order chi connectivity index (χ0) is 17.9. The van der Waals surface area contributed by atoms with Crippen molar-refractivity contribution in [2.45, 2.75) is 31.8 Å². The highest BCUT2D eigenvalue weighted by atomic mass is 35.5. The fourth-order valence-electron chi connectivity index (χ4n) is 3.03. The Morgan fingerprint density at radius 2 is 2.08 bits per heavy atom. The van der Waals surface area contributed by atoms with E-state index in [0.29, 0.717) is 24.4 Å². The lowest BCUT2D eigenvalue weighted by atomic mass is 9.91. The van der Waals surface area contributed by atoms with E-state index in [2.05, 4.69) is 15.6 Å². The number of carbonyl (C=O) groups excluding carboxylic acids is 1. The lowest BCUT2D eigenvalue weighted by Crippen LogP contribution is -2.51. The maximum Gasteiger partial charge on any atom is 0.258 e. The van der Waals surface area contributed by atoms with Gasteiger partial charge in [-0.1, -0.05) is 29.8 Å². The van der Waals surface area contributed by atoms with Crippen LogP contribution in [0.2, 0.25) is 5.02 Å². The molecule has 5 nitrogen and oxygen atoms in total. The Labute approximate surface area is 168 Å². The second-order valence-electron chi connectivity index (χ2n) is 6.20. The van der Waals surface area contributed by atoms with Crippen molar-refractivity contribution in [1.82, 2.24) is 10.3 Å². The number of rotatable bonds is 5. The van der Waals surface area contributed by atoms with Crippen LogP contribution in [-0.2, 0) is 16.0 Å². The number of thiazole rings is 1. The van der Waals surface area contributed by atoms with Crippen LogP contribution in [-0.4, -0.2) is 36.7 Å². The van der Waals surface area contributed by atoms with Crippen LogP contribution in [0.25, 0.3) is 0 Å². The smallest absolute Gasteiger partial charge is 0.258 e. The molecule has 2 aromatic rings.